The lowest BCUT2D eigenvalue weighted by atomic mass is 10.2. The summed E-state index contributed by atoms with van der Waals surface area (Å²) in [6.45, 7) is 4.56. The predicted octanol–water partition coefficient (Wildman–Crippen LogP) is 1.60. The van der Waals surface area contributed by atoms with Gasteiger partial charge in [0.05, 0.1) is 11.6 Å². The van der Waals surface area contributed by atoms with Crippen LogP contribution in [0.2, 0.25) is 5.02 Å². The average molecular weight is 285 g/mol. The van der Waals surface area contributed by atoms with Gasteiger partial charge in [-0.1, -0.05) is 11.6 Å². The summed E-state index contributed by atoms with van der Waals surface area (Å²) in [7, 11) is 0. The van der Waals surface area contributed by atoms with E-state index in [4.69, 9.17) is 16.3 Å². The second-order valence-electron chi connectivity index (χ2n) is 3.82. The summed E-state index contributed by atoms with van der Waals surface area (Å²) in [6, 6.07) is 4.86. The lowest BCUT2D eigenvalue weighted by Crippen LogP contribution is -2.33. The van der Waals surface area contributed by atoms with E-state index in [0.29, 0.717) is 36.0 Å². The van der Waals surface area contributed by atoms with Crippen LogP contribution in [-0.2, 0) is 4.79 Å². The fraction of sp³-hybridized carbons (Fsp3) is 0.385. The lowest BCUT2D eigenvalue weighted by molar-refractivity contribution is -0.118. The summed E-state index contributed by atoms with van der Waals surface area (Å²) in [5.41, 5.74) is 0.455. The smallest absolute Gasteiger partial charge is 0.251 e. The molecule has 5 nitrogen and oxygen atoms in total. The molecule has 0 saturated heterocycles. The molecule has 6 heteroatoms. The fourth-order valence-electron chi connectivity index (χ4n) is 1.43. The van der Waals surface area contributed by atoms with Gasteiger partial charge in [-0.2, -0.15) is 0 Å². The molecule has 0 unspecified atom stereocenters. The van der Waals surface area contributed by atoms with Gasteiger partial charge >= 0.3 is 0 Å². The van der Waals surface area contributed by atoms with Gasteiger partial charge in [-0.05, 0) is 25.1 Å². The third-order valence-electron chi connectivity index (χ3n) is 2.28. The van der Waals surface area contributed by atoms with Crippen LogP contribution in [0.4, 0.5) is 0 Å². The standard InChI is InChI=1S/C13H17ClN2O3/c1-3-19-12-5-4-10(8-11(12)14)13(18)16-7-6-15-9(2)17/h4-5,8H,3,6-7H2,1-2H3,(H,15,17)(H,16,18). The van der Waals surface area contributed by atoms with Crippen LogP contribution in [0.3, 0.4) is 0 Å². The van der Waals surface area contributed by atoms with Crippen molar-refractivity contribution in [2.24, 2.45) is 0 Å². The molecule has 0 aliphatic carbocycles. The van der Waals surface area contributed by atoms with Crippen LogP contribution in [0, 0.1) is 0 Å². The van der Waals surface area contributed by atoms with E-state index in [-0.39, 0.29) is 11.8 Å². The third-order valence-corrected chi connectivity index (χ3v) is 2.57. The topological polar surface area (TPSA) is 67.4 Å². The van der Waals surface area contributed by atoms with E-state index in [0.717, 1.165) is 0 Å². The Bertz CT molecular complexity index is 463. The number of nitrogens with one attached hydrogen (secondary N) is 2. The minimum absolute atomic E-state index is 0.127. The van der Waals surface area contributed by atoms with Gasteiger partial charge in [-0.15, -0.1) is 0 Å². The molecule has 0 fully saturated rings. The molecule has 1 rings (SSSR count). The molecule has 0 heterocycles. The Morgan fingerprint density at radius 2 is 1.95 bits per heavy atom. The predicted molar refractivity (Wildman–Crippen MR) is 73.6 cm³/mol. The Hall–Kier alpha value is -1.75. The molecular weight excluding hydrogens is 268 g/mol. The first-order valence-electron chi connectivity index (χ1n) is 5.99. The zero-order valence-electron chi connectivity index (χ0n) is 11.0. The largest absolute Gasteiger partial charge is 0.492 e. The monoisotopic (exact) mass is 284 g/mol. The molecule has 0 radical (unpaired) electrons. The van der Waals surface area contributed by atoms with Crippen molar-refractivity contribution in [1.82, 2.24) is 10.6 Å². The normalized spacial score (nSPS) is 9.84. The molecule has 0 bridgehead atoms. The van der Waals surface area contributed by atoms with Crippen LogP contribution in [0.1, 0.15) is 24.2 Å². The van der Waals surface area contributed by atoms with Crippen molar-refractivity contribution in [3.8, 4) is 5.75 Å². The maximum Gasteiger partial charge on any atom is 0.251 e. The number of amides is 2. The van der Waals surface area contributed by atoms with Gasteiger partial charge in [0, 0.05) is 25.6 Å². The Morgan fingerprint density at radius 1 is 1.26 bits per heavy atom. The van der Waals surface area contributed by atoms with E-state index >= 15 is 0 Å². The second kappa shape index (κ2) is 7.63. The van der Waals surface area contributed by atoms with Crippen LogP contribution >= 0.6 is 11.6 Å². The number of ether oxygens (including phenoxy) is 1. The highest BCUT2D eigenvalue weighted by Crippen LogP contribution is 2.25. The van der Waals surface area contributed by atoms with Gasteiger partial charge in [0.25, 0.3) is 5.91 Å². The van der Waals surface area contributed by atoms with Crippen molar-refractivity contribution in [2.45, 2.75) is 13.8 Å². The van der Waals surface area contributed by atoms with Gasteiger partial charge in [0.1, 0.15) is 5.75 Å². The summed E-state index contributed by atoms with van der Waals surface area (Å²) in [5.74, 6) is 0.188. The Labute approximate surface area is 117 Å². The van der Waals surface area contributed by atoms with E-state index in [1.807, 2.05) is 6.92 Å². The molecule has 0 aromatic heterocycles. The van der Waals surface area contributed by atoms with E-state index in [9.17, 15) is 9.59 Å². The summed E-state index contributed by atoms with van der Waals surface area (Å²) in [4.78, 5) is 22.4. The first-order valence-corrected chi connectivity index (χ1v) is 6.37. The SMILES string of the molecule is CCOc1ccc(C(=O)NCCNC(C)=O)cc1Cl. The fourth-order valence-corrected chi connectivity index (χ4v) is 1.67. The maximum absolute atomic E-state index is 11.8. The van der Waals surface area contributed by atoms with Gasteiger partial charge in [0.15, 0.2) is 0 Å². The molecule has 1 aromatic carbocycles. The molecule has 0 spiro atoms. The first kappa shape index (κ1) is 15.3. The van der Waals surface area contributed by atoms with Gasteiger partial charge in [-0.3, -0.25) is 9.59 Å². The van der Waals surface area contributed by atoms with Crippen LogP contribution in [0.25, 0.3) is 0 Å². The summed E-state index contributed by atoms with van der Waals surface area (Å²) in [5, 5.41) is 5.67. The lowest BCUT2D eigenvalue weighted by Gasteiger charge is -2.08. The average Bonchev–Trinajstić information content (AvgIpc) is 2.36. The van der Waals surface area contributed by atoms with Crippen LogP contribution in [-0.4, -0.2) is 31.5 Å². The number of carbonyl (C=O) groups is 2. The third kappa shape index (κ3) is 5.18. The van der Waals surface area contributed by atoms with Gasteiger partial charge < -0.3 is 15.4 Å². The van der Waals surface area contributed by atoms with Gasteiger partial charge in [-0.25, -0.2) is 0 Å². The molecule has 2 N–H and O–H groups in total. The van der Waals surface area contributed by atoms with E-state index in [2.05, 4.69) is 10.6 Å². The van der Waals surface area contributed by atoms with Crippen molar-refractivity contribution >= 4 is 23.4 Å². The molecule has 0 aliphatic heterocycles. The van der Waals surface area contributed by atoms with Crippen molar-refractivity contribution < 1.29 is 14.3 Å². The molecular formula is C13H17ClN2O3. The summed E-state index contributed by atoms with van der Waals surface area (Å²) < 4.78 is 5.29. The Balaban J connectivity index is 2.53. The van der Waals surface area contributed by atoms with E-state index < -0.39 is 0 Å². The van der Waals surface area contributed by atoms with Crippen molar-refractivity contribution in [3.05, 3.63) is 28.8 Å². The summed E-state index contributed by atoms with van der Waals surface area (Å²) >= 11 is 5.99. The van der Waals surface area contributed by atoms with Crippen LogP contribution in [0.5, 0.6) is 5.75 Å². The zero-order chi connectivity index (χ0) is 14.3. The molecule has 1 aromatic rings. The number of halogens is 1. The minimum atomic E-state index is -0.240. The number of benzene rings is 1. The highest BCUT2D eigenvalue weighted by Gasteiger charge is 2.08. The first-order chi connectivity index (χ1) is 9.04. The van der Waals surface area contributed by atoms with Crippen LogP contribution in [0.15, 0.2) is 18.2 Å². The number of hydrogen-bond acceptors (Lipinski definition) is 3. The Morgan fingerprint density at radius 3 is 2.53 bits per heavy atom. The highest BCUT2D eigenvalue weighted by atomic mass is 35.5. The van der Waals surface area contributed by atoms with Gasteiger partial charge in [0.2, 0.25) is 5.91 Å². The molecule has 2 amide bonds. The van der Waals surface area contributed by atoms with Crippen molar-refractivity contribution in [1.29, 1.82) is 0 Å². The summed E-state index contributed by atoms with van der Waals surface area (Å²) in [6.07, 6.45) is 0. The van der Waals surface area contributed by atoms with Crippen molar-refractivity contribution in [3.63, 3.8) is 0 Å². The Kier molecular flexibility index (Phi) is 6.15. The minimum Gasteiger partial charge on any atom is -0.492 e. The molecule has 0 atom stereocenters. The number of hydrogen-bond donors (Lipinski definition) is 2. The second-order valence-corrected chi connectivity index (χ2v) is 4.22. The molecule has 0 saturated carbocycles. The molecule has 0 aliphatic rings. The number of carbonyl (C=O) groups excluding carboxylic acids is 2. The molecule has 104 valence electrons. The van der Waals surface area contributed by atoms with E-state index in [1.54, 1.807) is 18.2 Å². The quantitative estimate of drug-likeness (QED) is 0.780. The van der Waals surface area contributed by atoms with Crippen LogP contribution < -0.4 is 15.4 Å². The molecule has 19 heavy (non-hydrogen) atoms. The number of rotatable bonds is 6. The maximum atomic E-state index is 11.8. The van der Waals surface area contributed by atoms with Crippen molar-refractivity contribution in [2.75, 3.05) is 19.7 Å². The highest BCUT2D eigenvalue weighted by molar-refractivity contribution is 6.32. The zero-order valence-corrected chi connectivity index (χ0v) is 11.7. The van der Waals surface area contributed by atoms with E-state index in [1.165, 1.54) is 6.92 Å².